The number of carbonyl (C=O) groups is 1. The van der Waals surface area contributed by atoms with E-state index in [2.05, 4.69) is 0 Å². The Bertz CT molecular complexity index is 603. The van der Waals surface area contributed by atoms with Gasteiger partial charge in [-0.05, 0) is 36.1 Å². The fraction of sp³-hybridized carbons (Fsp3) is 0.400. The summed E-state index contributed by atoms with van der Waals surface area (Å²) in [5.41, 5.74) is 1.19. The molecule has 1 N–H and O–H groups in total. The van der Waals surface area contributed by atoms with Crippen molar-refractivity contribution >= 4 is 12.0 Å². The van der Waals surface area contributed by atoms with Gasteiger partial charge in [-0.1, -0.05) is 19.9 Å². The summed E-state index contributed by atoms with van der Waals surface area (Å²) in [5, 5.41) is 9.00. The van der Waals surface area contributed by atoms with Crippen LogP contribution in [-0.4, -0.2) is 23.4 Å². The fourth-order valence-electron chi connectivity index (χ4n) is 2.34. The minimum atomic E-state index is -4.77. The van der Waals surface area contributed by atoms with Gasteiger partial charge in [0.25, 0.3) is 0 Å². The van der Waals surface area contributed by atoms with Crippen molar-refractivity contribution in [2.24, 2.45) is 0 Å². The number of aryl methyl sites for hydroxylation is 2. The lowest BCUT2D eigenvalue weighted by Gasteiger charge is -2.28. The lowest BCUT2D eigenvalue weighted by Crippen LogP contribution is -2.40. The summed E-state index contributed by atoms with van der Waals surface area (Å²) in [6, 6.07) is 3.47. The Kier molecular flexibility index (Phi) is 3.98. The first kappa shape index (κ1) is 15.4. The number of aliphatic carboxylic acids is 1. The number of rotatable bonds is 3. The Labute approximate surface area is 120 Å². The summed E-state index contributed by atoms with van der Waals surface area (Å²) in [5.74, 6) is -1.50. The highest BCUT2D eigenvalue weighted by Crippen LogP contribution is 2.40. The summed E-state index contributed by atoms with van der Waals surface area (Å²) < 4.78 is 44.0. The molecule has 1 aromatic carbocycles. The van der Waals surface area contributed by atoms with E-state index in [4.69, 9.17) is 9.84 Å². The van der Waals surface area contributed by atoms with Crippen LogP contribution in [0.5, 0.6) is 5.75 Å². The molecular weight excluding hydrogens is 285 g/mol. The smallest absolute Gasteiger partial charge is 0.430 e. The number of carboxylic acids is 1. The van der Waals surface area contributed by atoms with Gasteiger partial charge in [0.05, 0.1) is 5.57 Å². The molecule has 1 aliphatic rings. The highest BCUT2D eigenvalue weighted by Gasteiger charge is 2.48. The number of hydrogen-bond acceptors (Lipinski definition) is 2. The van der Waals surface area contributed by atoms with Crippen LogP contribution in [0.1, 0.15) is 30.5 Å². The lowest BCUT2D eigenvalue weighted by molar-refractivity contribution is -0.187. The first-order valence-corrected chi connectivity index (χ1v) is 6.62. The van der Waals surface area contributed by atoms with Crippen molar-refractivity contribution in [1.82, 2.24) is 0 Å². The number of hydrogen-bond donors (Lipinski definition) is 1. The van der Waals surface area contributed by atoms with Gasteiger partial charge in [-0.3, -0.25) is 0 Å². The van der Waals surface area contributed by atoms with E-state index in [1.807, 2.05) is 13.8 Å². The average Bonchev–Trinajstić information content (AvgIpc) is 2.43. The lowest BCUT2D eigenvalue weighted by atomic mass is 9.95. The Balaban J connectivity index is 2.62. The van der Waals surface area contributed by atoms with Crippen LogP contribution in [0.2, 0.25) is 0 Å². The quantitative estimate of drug-likeness (QED) is 0.927. The SMILES string of the molecule is CCc1cc2c(c(CC)c1)OC(C(F)(F)F)C(C(=O)O)=C2. The van der Waals surface area contributed by atoms with E-state index in [0.717, 1.165) is 11.6 Å². The Morgan fingerprint density at radius 3 is 2.43 bits per heavy atom. The average molecular weight is 300 g/mol. The zero-order valence-corrected chi connectivity index (χ0v) is 11.6. The van der Waals surface area contributed by atoms with Crippen LogP contribution in [0.3, 0.4) is 0 Å². The monoisotopic (exact) mass is 300 g/mol. The van der Waals surface area contributed by atoms with Crippen LogP contribution in [0.15, 0.2) is 17.7 Å². The van der Waals surface area contributed by atoms with Crippen LogP contribution >= 0.6 is 0 Å². The molecule has 3 nitrogen and oxygen atoms in total. The van der Waals surface area contributed by atoms with Gasteiger partial charge in [-0.2, -0.15) is 13.2 Å². The van der Waals surface area contributed by atoms with E-state index in [0.29, 0.717) is 24.0 Å². The van der Waals surface area contributed by atoms with E-state index in [9.17, 15) is 18.0 Å². The van der Waals surface area contributed by atoms with Crippen LogP contribution in [-0.2, 0) is 17.6 Å². The minimum absolute atomic E-state index is 0.127. The topological polar surface area (TPSA) is 46.5 Å². The van der Waals surface area contributed by atoms with E-state index < -0.39 is 23.8 Å². The molecule has 1 unspecified atom stereocenters. The Morgan fingerprint density at radius 1 is 1.29 bits per heavy atom. The first-order chi connectivity index (χ1) is 9.77. The molecule has 2 rings (SSSR count). The van der Waals surface area contributed by atoms with Crippen molar-refractivity contribution in [1.29, 1.82) is 0 Å². The maximum atomic E-state index is 13.0. The molecule has 1 aliphatic heterocycles. The predicted molar refractivity (Wildman–Crippen MR) is 71.3 cm³/mol. The number of fused-ring (bicyclic) bond motifs is 1. The maximum Gasteiger partial charge on any atom is 0.430 e. The molecule has 1 heterocycles. The van der Waals surface area contributed by atoms with Gasteiger partial charge in [0.2, 0.25) is 6.10 Å². The largest absolute Gasteiger partial charge is 0.478 e. The summed E-state index contributed by atoms with van der Waals surface area (Å²) in [6.07, 6.45) is -4.91. The molecule has 0 saturated heterocycles. The van der Waals surface area contributed by atoms with Gasteiger partial charge < -0.3 is 9.84 Å². The third kappa shape index (κ3) is 2.89. The number of alkyl halides is 3. The van der Waals surface area contributed by atoms with E-state index in [1.165, 1.54) is 0 Å². The van der Waals surface area contributed by atoms with Crippen molar-refractivity contribution in [2.45, 2.75) is 39.0 Å². The molecule has 6 heteroatoms. The second kappa shape index (κ2) is 5.42. The standard InChI is InChI=1S/C15H15F3O3/c1-3-8-5-9(4-2)12-10(6-8)7-11(14(19)20)13(21-12)15(16,17)18/h5-7,13H,3-4H2,1-2H3,(H,19,20). The molecule has 0 spiro atoms. The highest BCUT2D eigenvalue weighted by atomic mass is 19.4. The fourth-order valence-corrected chi connectivity index (χ4v) is 2.34. The molecule has 0 amide bonds. The summed E-state index contributed by atoms with van der Waals surface area (Å²) in [4.78, 5) is 11.1. The number of ether oxygens (including phenoxy) is 1. The Hall–Kier alpha value is -1.98. The van der Waals surface area contributed by atoms with Crippen molar-refractivity contribution in [3.05, 3.63) is 34.4 Å². The summed E-state index contributed by atoms with van der Waals surface area (Å²) in [7, 11) is 0. The van der Waals surface area contributed by atoms with Crippen LogP contribution in [0, 0.1) is 0 Å². The minimum Gasteiger partial charge on any atom is -0.478 e. The van der Waals surface area contributed by atoms with Crippen molar-refractivity contribution in [2.75, 3.05) is 0 Å². The molecule has 0 saturated carbocycles. The van der Waals surface area contributed by atoms with Gasteiger partial charge >= 0.3 is 12.1 Å². The van der Waals surface area contributed by atoms with Gasteiger partial charge in [-0.25, -0.2) is 4.79 Å². The third-order valence-electron chi connectivity index (χ3n) is 3.42. The normalized spacial score (nSPS) is 17.8. The summed E-state index contributed by atoms with van der Waals surface area (Å²) in [6.45, 7) is 3.74. The first-order valence-electron chi connectivity index (χ1n) is 6.62. The molecule has 1 atom stereocenters. The van der Waals surface area contributed by atoms with Crippen LogP contribution < -0.4 is 4.74 Å². The molecule has 114 valence electrons. The Morgan fingerprint density at radius 2 is 1.95 bits per heavy atom. The molecular formula is C15H15F3O3. The number of halogens is 3. The third-order valence-corrected chi connectivity index (χ3v) is 3.42. The zero-order chi connectivity index (χ0) is 15.8. The molecule has 1 aromatic rings. The van der Waals surface area contributed by atoms with E-state index in [1.54, 1.807) is 12.1 Å². The van der Waals surface area contributed by atoms with Gasteiger partial charge in [0.1, 0.15) is 5.75 Å². The van der Waals surface area contributed by atoms with E-state index >= 15 is 0 Å². The molecule has 21 heavy (non-hydrogen) atoms. The molecule has 0 fully saturated rings. The predicted octanol–water partition coefficient (Wildman–Crippen LogP) is 3.60. The summed E-state index contributed by atoms with van der Waals surface area (Å²) >= 11 is 0. The molecule has 0 aliphatic carbocycles. The molecule has 0 radical (unpaired) electrons. The number of carboxylic acid groups (broad SMARTS) is 1. The van der Waals surface area contributed by atoms with Gasteiger partial charge in [0.15, 0.2) is 0 Å². The molecule has 0 bridgehead atoms. The highest BCUT2D eigenvalue weighted by molar-refractivity contribution is 5.95. The van der Waals surface area contributed by atoms with Crippen LogP contribution in [0.4, 0.5) is 13.2 Å². The number of benzene rings is 1. The maximum absolute atomic E-state index is 13.0. The molecule has 0 aromatic heterocycles. The van der Waals surface area contributed by atoms with Gasteiger partial charge in [0, 0.05) is 5.56 Å². The van der Waals surface area contributed by atoms with Crippen molar-refractivity contribution in [3.63, 3.8) is 0 Å². The van der Waals surface area contributed by atoms with Gasteiger partial charge in [-0.15, -0.1) is 0 Å². The van der Waals surface area contributed by atoms with Crippen molar-refractivity contribution in [3.8, 4) is 5.75 Å². The zero-order valence-electron chi connectivity index (χ0n) is 11.6. The second-order valence-corrected chi connectivity index (χ2v) is 4.82. The van der Waals surface area contributed by atoms with Crippen molar-refractivity contribution < 1.29 is 27.8 Å². The van der Waals surface area contributed by atoms with E-state index in [-0.39, 0.29) is 5.75 Å². The van der Waals surface area contributed by atoms with Crippen LogP contribution in [0.25, 0.3) is 6.08 Å². The second-order valence-electron chi connectivity index (χ2n) is 4.82.